The first-order chi connectivity index (χ1) is 7.99. The first-order valence-corrected chi connectivity index (χ1v) is 6.60. The van der Waals surface area contributed by atoms with Crippen LogP contribution < -0.4 is 11.1 Å². The van der Waals surface area contributed by atoms with E-state index >= 15 is 0 Å². The molecule has 1 atom stereocenters. The zero-order valence-electron chi connectivity index (χ0n) is 9.37. The van der Waals surface area contributed by atoms with Crippen molar-refractivity contribution in [2.75, 3.05) is 16.8 Å². The molecule has 0 bridgehead atoms. The fourth-order valence-corrected chi connectivity index (χ4v) is 2.04. The molecule has 0 aliphatic heterocycles. The molecular weight excluding hydrogens is 263 g/mol. The van der Waals surface area contributed by atoms with Gasteiger partial charge in [0.25, 0.3) is 0 Å². The number of nitrogens with one attached hydrogen (secondary N) is 1. The van der Waals surface area contributed by atoms with Gasteiger partial charge in [-0.2, -0.15) is 11.8 Å². The van der Waals surface area contributed by atoms with Gasteiger partial charge in [0, 0.05) is 17.5 Å². The number of hydrogen-bond donors (Lipinski definition) is 2. The molecule has 0 fully saturated rings. The topological polar surface area (TPSA) is 55.1 Å². The molecule has 6 heteroatoms. The predicted molar refractivity (Wildman–Crippen MR) is 71.0 cm³/mol. The maximum absolute atomic E-state index is 12.9. The monoisotopic (exact) mass is 276 g/mol. The van der Waals surface area contributed by atoms with Crippen LogP contribution in [0.1, 0.15) is 6.92 Å². The summed E-state index contributed by atoms with van der Waals surface area (Å²) < 4.78 is 12.9. The van der Waals surface area contributed by atoms with Gasteiger partial charge in [-0.15, -0.1) is 0 Å². The van der Waals surface area contributed by atoms with E-state index < -0.39 is 5.82 Å². The Morgan fingerprint density at radius 1 is 1.65 bits per heavy atom. The second-order valence-corrected chi connectivity index (χ2v) is 5.11. The number of rotatable bonds is 5. The number of amides is 1. The van der Waals surface area contributed by atoms with E-state index in [-0.39, 0.29) is 17.0 Å². The van der Waals surface area contributed by atoms with Gasteiger partial charge in [-0.3, -0.25) is 4.79 Å². The number of benzene rings is 1. The molecule has 3 N–H and O–H groups in total. The first-order valence-electron chi connectivity index (χ1n) is 5.07. The SMILES string of the molecule is CC(N)CSCC(=O)Nc1ccc(F)c(Cl)c1. The minimum absolute atomic E-state index is 0.00830. The molecule has 3 nitrogen and oxygen atoms in total. The molecule has 1 aromatic rings. The maximum Gasteiger partial charge on any atom is 0.234 e. The van der Waals surface area contributed by atoms with Crippen LogP contribution in [0.3, 0.4) is 0 Å². The molecule has 0 aliphatic rings. The largest absolute Gasteiger partial charge is 0.327 e. The smallest absolute Gasteiger partial charge is 0.234 e. The Kier molecular flexibility index (Phi) is 5.74. The normalized spacial score (nSPS) is 12.2. The van der Waals surface area contributed by atoms with E-state index in [9.17, 15) is 9.18 Å². The molecule has 1 unspecified atom stereocenters. The molecule has 0 aromatic heterocycles. The van der Waals surface area contributed by atoms with Crippen molar-refractivity contribution >= 4 is 35.0 Å². The third-order valence-electron chi connectivity index (χ3n) is 1.82. The molecule has 1 amide bonds. The standard InChI is InChI=1S/C11H14ClFN2OS/c1-7(14)5-17-6-11(16)15-8-2-3-10(13)9(12)4-8/h2-4,7H,5-6,14H2,1H3,(H,15,16). The summed E-state index contributed by atoms with van der Waals surface area (Å²) in [4.78, 5) is 11.5. The summed E-state index contributed by atoms with van der Waals surface area (Å²) in [7, 11) is 0. The summed E-state index contributed by atoms with van der Waals surface area (Å²) in [5.41, 5.74) is 6.04. The van der Waals surface area contributed by atoms with Crippen molar-refractivity contribution in [3.05, 3.63) is 29.0 Å². The van der Waals surface area contributed by atoms with E-state index in [2.05, 4.69) is 5.32 Å². The Balaban J connectivity index is 2.42. The van der Waals surface area contributed by atoms with E-state index in [0.717, 1.165) is 5.75 Å². The number of hydrogen-bond acceptors (Lipinski definition) is 3. The molecule has 94 valence electrons. The number of nitrogens with two attached hydrogens (primary N) is 1. The zero-order chi connectivity index (χ0) is 12.8. The predicted octanol–water partition coefficient (Wildman–Crippen LogP) is 2.50. The van der Waals surface area contributed by atoms with Crippen LogP contribution in [0.4, 0.5) is 10.1 Å². The summed E-state index contributed by atoms with van der Waals surface area (Å²) >= 11 is 7.05. The third-order valence-corrected chi connectivity index (χ3v) is 3.33. The van der Waals surface area contributed by atoms with Crippen LogP contribution in [0, 0.1) is 5.82 Å². The maximum atomic E-state index is 12.9. The van der Waals surface area contributed by atoms with Crippen LogP contribution in [0.5, 0.6) is 0 Å². The van der Waals surface area contributed by atoms with Crippen LogP contribution in [0.25, 0.3) is 0 Å². The summed E-state index contributed by atoms with van der Waals surface area (Å²) in [6, 6.07) is 4.13. The Morgan fingerprint density at radius 3 is 2.94 bits per heavy atom. The fourth-order valence-electron chi connectivity index (χ4n) is 1.11. The lowest BCUT2D eigenvalue weighted by atomic mass is 10.3. The van der Waals surface area contributed by atoms with Crippen molar-refractivity contribution in [1.29, 1.82) is 0 Å². The molecule has 17 heavy (non-hydrogen) atoms. The summed E-state index contributed by atoms with van der Waals surface area (Å²) in [5, 5.41) is 2.62. The Morgan fingerprint density at radius 2 is 2.35 bits per heavy atom. The highest BCUT2D eigenvalue weighted by atomic mass is 35.5. The molecule has 0 spiro atoms. The van der Waals surface area contributed by atoms with Crippen LogP contribution in [-0.4, -0.2) is 23.5 Å². The molecule has 0 saturated heterocycles. The van der Waals surface area contributed by atoms with Crippen molar-refractivity contribution in [1.82, 2.24) is 0 Å². The Labute approximate surface area is 109 Å². The van der Waals surface area contributed by atoms with E-state index in [1.165, 1.54) is 30.0 Å². The van der Waals surface area contributed by atoms with Gasteiger partial charge in [0.15, 0.2) is 0 Å². The van der Waals surface area contributed by atoms with E-state index in [1.54, 1.807) is 0 Å². The van der Waals surface area contributed by atoms with Crippen LogP contribution >= 0.6 is 23.4 Å². The van der Waals surface area contributed by atoms with Crippen LogP contribution in [-0.2, 0) is 4.79 Å². The fraction of sp³-hybridized carbons (Fsp3) is 0.364. The van der Waals surface area contributed by atoms with Gasteiger partial charge in [-0.25, -0.2) is 4.39 Å². The van der Waals surface area contributed by atoms with Crippen molar-refractivity contribution in [2.45, 2.75) is 13.0 Å². The number of anilines is 1. The third kappa shape index (κ3) is 5.39. The van der Waals surface area contributed by atoms with Crippen molar-refractivity contribution in [3.8, 4) is 0 Å². The average Bonchev–Trinajstić information content (AvgIpc) is 2.23. The van der Waals surface area contributed by atoms with Gasteiger partial charge in [0.05, 0.1) is 10.8 Å². The Bertz CT molecular complexity index is 401. The second-order valence-electron chi connectivity index (χ2n) is 3.67. The number of thioether (sulfide) groups is 1. The van der Waals surface area contributed by atoms with Gasteiger partial charge in [-0.05, 0) is 25.1 Å². The lowest BCUT2D eigenvalue weighted by Gasteiger charge is -2.07. The summed E-state index contributed by atoms with van der Waals surface area (Å²) in [5.74, 6) is 0.378. The summed E-state index contributed by atoms with van der Waals surface area (Å²) in [6.07, 6.45) is 0. The van der Waals surface area contributed by atoms with Gasteiger partial charge in [0.2, 0.25) is 5.91 Å². The lowest BCUT2D eigenvalue weighted by Crippen LogP contribution is -2.20. The Hall–Kier alpha value is -0.780. The minimum atomic E-state index is -0.504. The van der Waals surface area contributed by atoms with Gasteiger partial charge < -0.3 is 11.1 Å². The average molecular weight is 277 g/mol. The van der Waals surface area contributed by atoms with Gasteiger partial charge >= 0.3 is 0 Å². The molecular formula is C11H14ClFN2OS. The molecule has 0 radical (unpaired) electrons. The highest BCUT2D eigenvalue weighted by Crippen LogP contribution is 2.19. The van der Waals surface area contributed by atoms with Gasteiger partial charge in [-0.1, -0.05) is 11.6 Å². The summed E-state index contributed by atoms with van der Waals surface area (Å²) in [6.45, 7) is 1.88. The highest BCUT2D eigenvalue weighted by Gasteiger charge is 2.06. The van der Waals surface area contributed by atoms with Gasteiger partial charge in [0.1, 0.15) is 5.82 Å². The van der Waals surface area contributed by atoms with E-state index in [0.29, 0.717) is 11.4 Å². The number of halogens is 2. The molecule has 1 aromatic carbocycles. The number of carbonyl (C=O) groups is 1. The minimum Gasteiger partial charge on any atom is -0.327 e. The van der Waals surface area contributed by atoms with Crippen molar-refractivity contribution in [2.24, 2.45) is 5.73 Å². The molecule has 0 aliphatic carbocycles. The lowest BCUT2D eigenvalue weighted by molar-refractivity contribution is -0.113. The van der Waals surface area contributed by atoms with Crippen molar-refractivity contribution in [3.63, 3.8) is 0 Å². The molecule has 0 heterocycles. The zero-order valence-corrected chi connectivity index (χ0v) is 10.9. The highest BCUT2D eigenvalue weighted by molar-refractivity contribution is 8.00. The van der Waals surface area contributed by atoms with E-state index in [1.807, 2.05) is 6.92 Å². The van der Waals surface area contributed by atoms with Crippen molar-refractivity contribution < 1.29 is 9.18 Å². The quantitative estimate of drug-likeness (QED) is 0.869. The van der Waals surface area contributed by atoms with Crippen LogP contribution in [0.2, 0.25) is 5.02 Å². The van der Waals surface area contributed by atoms with E-state index in [4.69, 9.17) is 17.3 Å². The molecule has 0 saturated carbocycles. The molecule has 1 rings (SSSR count). The first kappa shape index (κ1) is 14.3. The number of carbonyl (C=O) groups excluding carboxylic acids is 1. The van der Waals surface area contributed by atoms with Crippen LogP contribution in [0.15, 0.2) is 18.2 Å². The second kappa shape index (κ2) is 6.83.